The smallest absolute Gasteiger partial charge is 0.261 e. The van der Waals surface area contributed by atoms with Crippen LogP contribution in [0.1, 0.15) is 31.1 Å². The van der Waals surface area contributed by atoms with Gasteiger partial charge in [0.1, 0.15) is 22.9 Å². The fraction of sp³-hybridized carbons (Fsp3) is 0.235. The van der Waals surface area contributed by atoms with Crippen molar-refractivity contribution in [1.82, 2.24) is 20.0 Å². The Morgan fingerprint density at radius 2 is 1.92 bits per heavy atom. The molecule has 0 spiro atoms. The summed E-state index contributed by atoms with van der Waals surface area (Å²) in [7, 11) is 0. The maximum atomic E-state index is 13.7. The van der Waals surface area contributed by atoms with E-state index in [1.54, 1.807) is 17.1 Å². The minimum Gasteiger partial charge on any atom is -0.319 e. The number of carbonyl (C=O) groups is 1. The number of hydrogen-bond donors (Lipinski definition) is 2. The Hall–Kier alpha value is -3.03. The Morgan fingerprint density at radius 1 is 1.24 bits per heavy atom. The van der Waals surface area contributed by atoms with Crippen LogP contribution in [-0.2, 0) is 5.54 Å². The molecule has 1 amide bonds. The van der Waals surface area contributed by atoms with Crippen LogP contribution in [0.15, 0.2) is 36.8 Å². The van der Waals surface area contributed by atoms with E-state index in [0.717, 1.165) is 12.1 Å². The molecule has 0 unspecified atom stereocenters. The van der Waals surface area contributed by atoms with Crippen LogP contribution in [0.3, 0.4) is 0 Å². The molecule has 0 fully saturated rings. The molecule has 0 aliphatic heterocycles. The summed E-state index contributed by atoms with van der Waals surface area (Å²) in [5, 5.41) is 13.5. The monoisotopic (exact) mass is 345 g/mol. The predicted molar refractivity (Wildman–Crippen MR) is 89.1 cm³/mol. The van der Waals surface area contributed by atoms with Crippen LogP contribution in [0.5, 0.6) is 0 Å². The highest BCUT2D eigenvalue weighted by atomic mass is 19.1. The highest BCUT2D eigenvalue weighted by Crippen LogP contribution is 2.27. The van der Waals surface area contributed by atoms with Gasteiger partial charge < -0.3 is 5.32 Å². The molecular formula is C17H17F2N5O. The molecule has 2 heterocycles. The predicted octanol–water partition coefficient (Wildman–Crippen LogP) is 3.56. The molecule has 0 aliphatic carbocycles. The first-order valence-corrected chi connectivity index (χ1v) is 7.62. The lowest BCUT2D eigenvalue weighted by Gasteiger charge is -2.18. The molecule has 3 aromatic rings. The number of nitrogens with one attached hydrogen (secondary N) is 2. The van der Waals surface area contributed by atoms with E-state index in [1.165, 1.54) is 12.3 Å². The average molecular weight is 345 g/mol. The second-order valence-electron chi connectivity index (χ2n) is 6.54. The van der Waals surface area contributed by atoms with Gasteiger partial charge in [-0.3, -0.25) is 14.6 Å². The number of halogens is 2. The second-order valence-corrected chi connectivity index (χ2v) is 6.54. The second kappa shape index (κ2) is 6.12. The fourth-order valence-corrected chi connectivity index (χ4v) is 2.32. The fourth-order valence-electron chi connectivity index (χ4n) is 2.32. The molecule has 1 aromatic carbocycles. The van der Waals surface area contributed by atoms with Crippen molar-refractivity contribution in [1.29, 1.82) is 0 Å². The summed E-state index contributed by atoms with van der Waals surface area (Å²) in [6.45, 7) is 5.99. The van der Waals surface area contributed by atoms with Crippen LogP contribution in [0.2, 0.25) is 0 Å². The summed E-state index contributed by atoms with van der Waals surface area (Å²) in [4.78, 5) is 12.2. The van der Waals surface area contributed by atoms with E-state index < -0.39 is 23.1 Å². The Morgan fingerprint density at radius 3 is 2.52 bits per heavy atom. The third kappa shape index (κ3) is 3.28. The van der Waals surface area contributed by atoms with Crippen molar-refractivity contribution in [3.05, 3.63) is 54.0 Å². The lowest BCUT2D eigenvalue weighted by Crippen LogP contribution is -2.21. The van der Waals surface area contributed by atoms with Crippen molar-refractivity contribution in [2.45, 2.75) is 26.3 Å². The minimum atomic E-state index is -0.928. The maximum absolute atomic E-state index is 13.7. The van der Waals surface area contributed by atoms with Gasteiger partial charge in [-0.25, -0.2) is 8.78 Å². The van der Waals surface area contributed by atoms with E-state index in [0.29, 0.717) is 16.9 Å². The van der Waals surface area contributed by atoms with Gasteiger partial charge >= 0.3 is 0 Å². The summed E-state index contributed by atoms with van der Waals surface area (Å²) in [6.07, 6.45) is 4.84. The molecule has 130 valence electrons. The normalized spacial score (nSPS) is 11.6. The number of H-pyrrole nitrogens is 1. The molecule has 0 radical (unpaired) electrons. The lowest BCUT2D eigenvalue weighted by molar-refractivity contribution is 0.101. The topological polar surface area (TPSA) is 75.6 Å². The molecule has 3 rings (SSSR count). The number of rotatable bonds is 3. The van der Waals surface area contributed by atoms with Crippen molar-refractivity contribution in [3.63, 3.8) is 0 Å². The number of carbonyl (C=O) groups excluding carboxylic acids is 1. The molecule has 0 saturated carbocycles. The maximum Gasteiger partial charge on any atom is 0.261 e. The van der Waals surface area contributed by atoms with E-state index in [-0.39, 0.29) is 5.54 Å². The number of amides is 1. The number of aromatic amines is 1. The number of hydrogen-bond acceptors (Lipinski definition) is 3. The highest BCUT2D eigenvalue weighted by Gasteiger charge is 2.21. The first-order chi connectivity index (χ1) is 11.8. The third-order valence-corrected chi connectivity index (χ3v) is 3.62. The van der Waals surface area contributed by atoms with Crippen LogP contribution >= 0.6 is 0 Å². The van der Waals surface area contributed by atoms with Crippen molar-refractivity contribution < 1.29 is 13.6 Å². The summed E-state index contributed by atoms with van der Waals surface area (Å²) in [6, 6.07) is 3.26. The van der Waals surface area contributed by atoms with Gasteiger partial charge in [-0.2, -0.15) is 10.2 Å². The van der Waals surface area contributed by atoms with E-state index in [9.17, 15) is 13.6 Å². The van der Waals surface area contributed by atoms with Gasteiger partial charge in [0.25, 0.3) is 5.91 Å². The zero-order valence-electron chi connectivity index (χ0n) is 14.0. The highest BCUT2D eigenvalue weighted by molar-refractivity contribution is 6.06. The molecule has 8 heteroatoms. The Balaban J connectivity index is 1.90. The van der Waals surface area contributed by atoms with Gasteiger partial charge in [-0.15, -0.1) is 0 Å². The number of aromatic nitrogens is 4. The lowest BCUT2D eigenvalue weighted by atomic mass is 10.1. The Kier molecular flexibility index (Phi) is 4.12. The summed E-state index contributed by atoms with van der Waals surface area (Å²) < 4.78 is 29.3. The van der Waals surface area contributed by atoms with Gasteiger partial charge in [-0.05, 0) is 32.9 Å². The van der Waals surface area contributed by atoms with Crippen LogP contribution in [-0.4, -0.2) is 25.9 Å². The van der Waals surface area contributed by atoms with Gasteiger partial charge in [0, 0.05) is 18.0 Å². The molecule has 25 heavy (non-hydrogen) atoms. The molecule has 6 nitrogen and oxygen atoms in total. The van der Waals surface area contributed by atoms with Crippen molar-refractivity contribution in [3.8, 4) is 11.3 Å². The summed E-state index contributed by atoms with van der Waals surface area (Å²) in [5.74, 6) is -2.74. The average Bonchev–Trinajstić information content (AvgIpc) is 3.14. The van der Waals surface area contributed by atoms with E-state index in [2.05, 4.69) is 20.6 Å². The zero-order chi connectivity index (χ0) is 18.2. The van der Waals surface area contributed by atoms with Gasteiger partial charge in [-0.1, -0.05) is 6.07 Å². The number of benzene rings is 1. The number of nitrogens with zero attached hydrogens (tertiary/aromatic N) is 3. The third-order valence-electron chi connectivity index (χ3n) is 3.62. The largest absolute Gasteiger partial charge is 0.319 e. The molecule has 0 atom stereocenters. The molecule has 0 saturated heterocycles. The van der Waals surface area contributed by atoms with Crippen LogP contribution in [0.4, 0.5) is 14.5 Å². The Bertz CT molecular complexity index is 903. The summed E-state index contributed by atoms with van der Waals surface area (Å²) >= 11 is 0. The molecular weight excluding hydrogens is 328 g/mol. The van der Waals surface area contributed by atoms with Gasteiger partial charge in [0.15, 0.2) is 0 Å². The SMILES string of the molecule is CC(C)(C)n1cc(-c2n[nH]cc2NC(=O)c2c(F)cccc2F)cn1. The standard InChI is InChI=1S/C17H17F2N5O/c1-17(2,3)24-9-10(7-21-24)15-13(8-20-23-15)22-16(25)14-11(18)5-4-6-12(14)19/h4-9H,1-3H3,(H,20,23)(H,22,25). The minimum absolute atomic E-state index is 0.214. The van der Waals surface area contributed by atoms with Crippen molar-refractivity contribution in [2.75, 3.05) is 5.32 Å². The first kappa shape index (κ1) is 16.8. The number of anilines is 1. The molecule has 2 N–H and O–H groups in total. The van der Waals surface area contributed by atoms with Crippen LogP contribution in [0.25, 0.3) is 11.3 Å². The molecule has 2 aromatic heterocycles. The quantitative estimate of drug-likeness (QED) is 0.762. The van der Waals surface area contributed by atoms with Crippen molar-refractivity contribution >= 4 is 11.6 Å². The van der Waals surface area contributed by atoms with Crippen LogP contribution in [0, 0.1) is 11.6 Å². The first-order valence-electron chi connectivity index (χ1n) is 7.62. The van der Waals surface area contributed by atoms with E-state index in [4.69, 9.17) is 0 Å². The van der Waals surface area contributed by atoms with Gasteiger partial charge in [0.05, 0.1) is 17.4 Å². The van der Waals surface area contributed by atoms with Crippen LogP contribution < -0.4 is 5.32 Å². The Labute approximate surface area is 142 Å². The van der Waals surface area contributed by atoms with E-state index >= 15 is 0 Å². The summed E-state index contributed by atoms with van der Waals surface area (Å²) in [5.41, 5.74) is 0.552. The zero-order valence-corrected chi connectivity index (χ0v) is 14.0. The molecule has 0 aliphatic rings. The molecule has 0 bridgehead atoms. The van der Waals surface area contributed by atoms with E-state index in [1.807, 2.05) is 20.8 Å². The van der Waals surface area contributed by atoms with Gasteiger partial charge in [0.2, 0.25) is 0 Å². The van der Waals surface area contributed by atoms with Crippen molar-refractivity contribution in [2.24, 2.45) is 0 Å².